The third kappa shape index (κ3) is 3.78. The maximum Gasteiger partial charge on any atom is 0.269 e. The van der Waals surface area contributed by atoms with Gasteiger partial charge in [0.25, 0.3) is 5.91 Å². The van der Waals surface area contributed by atoms with Crippen molar-refractivity contribution in [2.24, 2.45) is 0 Å². The summed E-state index contributed by atoms with van der Waals surface area (Å²) in [5, 5.41) is 3.78. The molecule has 0 saturated heterocycles. The number of nitrogens with one attached hydrogen (secondary N) is 1. The van der Waals surface area contributed by atoms with Crippen molar-refractivity contribution in [1.82, 2.24) is 14.8 Å². The number of ketones is 1. The molecule has 0 saturated carbocycles. The van der Waals surface area contributed by atoms with E-state index in [1.54, 1.807) is 0 Å². The van der Waals surface area contributed by atoms with E-state index >= 15 is 0 Å². The molecule has 0 aliphatic heterocycles. The van der Waals surface area contributed by atoms with E-state index in [1.165, 1.54) is 0 Å². The average molecular weight is 363 g/mol. The normalized spacial score (nSPS) is 11.1. The van der Waals surface area contributed by atoms with Crippen LogP contribution in [0.25, 0.3) is 16.6 Å². The zero-order chi connectivity index (χ0) is 19.4. The molecule has 1 N–H and O–H groups in total. The van der Waals surface area contributed by atoms with Crippen molar-refractivity contribution in [2.75, 3.05) is 27.2 Å². The number of rotatable bonds is 7. The molecule has 0 unspecified atom stereocenters. The summed E-state index contributed by atoms with van der Waals surface area (Å²) in [6, 6.07) is 17.4. The van der Waals surface area contributed by atoms with Crippen molar-refractivity contribution in [3.63, 3.8) is 0 Å². The lowest BCUT2D eigenvalue weighted by Crippen LogP contribution is -2.33. The summed E-state index contributed by atoms with van der Waals surface area (Å²) >= 11 is 0. The number of hydrogen-bond donors (Lipinski definition) is 1. The lowest BCUT2D eigenvalue weighted by atomic mass is 10.0. The van der Waals surface area contributed by atoms with Crippen LogP contribution < -0.4 is 5.32 Å². The van der Waals surface area contributed by atoms with Gasteiger partial charge >= 0.3 is 0 Å². The molecule has 5 nitrogen and oxygen atoms in total. The highest BCUT2D eigenvalue weighted by Gasteiger charge is 2.26. The van der Waals surface area contributed by atoms with Gasteiger partial charge in [0.1, 0.15) is 5.69 Å². The number of para-hydroxylation sites is 2. The molecule has 0 bridgehead atoms. The van der Waals surface area contributed by atoms with Crippen LogP contribution in [0.4, 0.5) is 0 Å². The number of benzene rings is 2. The Morgan fingerprint density at radius 1 is 1.00 bits per heavy atom. The van der Waals surface area contributed by atoms with Crippen LogP contribution in [0.5, 0.6) is 0 Å². The van der Waals surface area contributed by atoms with Crippen molar-refractivity contribution in [3.8, 4) is 5.69 Å². The Morgan fingerprint density at radius 3 is 2.33 bits per heavy atom. The monoisotopic (exact) mass is 363 g/mol. The van der Waals surface area contributed by atoms with E-state index in [0.29, 0.717) is 24.2 Å². The smallest absolute Gasteiger partial charge is 0.269 e. The molecule has 3 aromatic rings. The highest BCUT2D eigenvalue weighted by atomic mass is 16.2. The lowest BCUT2D eigenvalue weighted by molar-refractivity contribution is 0.0926. The van der Waals surface area contributed by atoms with Gasteiger partial charge in [-0.3, -0.25) is 9.59 Å². The molecule has 140 valence electrons. The van der Waals surface area contributed by atoms with Crippen LogP contribution in [0.1, 0.15) is 34.2 Å². The Bertz CT molecular complexity index is 958. The lowest BCUT2D eigenvalue weighted by Gasteiger charge is -2.14. The van der Waals surface area contributed by atoms with E-state index in [9.17, 15) is 9.59 Å². The topological polar surface area (TPSA) is 54.3 Å². The first-order valence-corrected chi connectivity index (χ1v) is 9.19. The van der Waals surface area contributed by atoms with Gasteiger partial charge in [0, 0.05) is 30.6 Å². The molecule has 2 aromatic carbocycles. The molecule has 27 heavy (non-hydrogen) atoms. The number of nitrogens with zero attached hydrogens (tertiary/aromatic N) is 2. The fraction of sp³-hybridized carbons (Fsp3) is 0.273. The van der Waals surface area contributed by atoms with Gasteiger partial charge in [0.2, 0.25) is 0 Å². The second-order valence-electron chi connectivity index (χ2n) is 6.75. The highest BCUT2D eigenvalue weighted by molar-refractivity contribution is 6.17. The third-order valence-electron chi connectivity index (χ3n) is 4.55. The van der Waals surface area contributed by atoms with Gasteiger partial charge in [0.15, 0.2) is 5.78 Å². The van der Waals surface area contributed by atoms with Crippen molar-refractivity contribution in [3.05, 3.63) is 65.9 Å². The predicted molar refractivity (Wildman–Crippen MR) is 109 cm³/mol. The van der Waals surface area contributed by atoms with Crippen molar-refractivity contribution < 1.29 is 9.59 Å². The first-order chi connectivity index (χ1) is 13.0. The minimum Gasteiger partial charge on any atom is -0.349 e. The molecular formula is C22H25N3O2. The van der Waals surface area contributed by atoms with Gasteiger partial charge < -0.3 is 14.8 Å². The Kier molecular flexibility index (Phi) is 5.72. The van der Waals surface area contributed by atoms with E-state index < -0.39 is 0 Å². The summed E-state index contributed by atoms with van der Waals surface area (Å²) in [6.07, 6.45) is 0.348. The zero-order valence-electron chi connectivity index (χ0n) is 16.0. The Labute approximate surface area is 159 Å². The summed E-state index contributed by atoms with van der Waals surface area (Å²) in [5.41, 5.74) is 2.63. The maximum absolute atomic E-state index is 13.1. The number of hydrogen-bond acceptors (Lipinski definition) is 3. The summed E-state index contributed by atoms with van der Waals surface area (Å²) < 4.78 is 1.89. The fourth-order valence-electron chi connectivity index (χ4n) is 3.24. The van der Waals surface area contributed by atoms with E-state index in [1.807, 2.05) is 85.1 Å². The molecule has 0 aliphatic rings. The van der Waals surface area contributed by atoms with Crippen LogP contribution in [0.3, 0.4) is 0 Å². The van der Waals surface area contributed by atoms with Gasteiger partial charge in [-0.15, -0.1) is 0 Å². The van der Waals surface area contributed by atoms with Crippen LogP contribution in [-0.2, 0) is 0 Å². The quantitative estimate of drug-likeness (QED) is 0.654. The fourth-order valence-corrected chi connectivity index (χ4v) is 3.24. The van der Waals surface area contributed by atoms with E-state index in [2.05, 4.69) is 5.32 Å². The summed E-state index contributed by atoms with van der Waals surface area (Å²) in [6.45, 7) is 3.07. The number of carbonyl (C=O) groups excluding carboxylic acids is 2. The molecule has 0 spiro atoms. The summed E-state index contributed by atoms with van der Waals surface area (Å²) in [4.78, 5) is 27.9. The molecule has 0 aliphatic carbocycles. The molecule has 1 heterocycles. The number of likely N-dealkylation sites (N-methyl/N-ethyl adjacent to an activating group) is 1. The minimum absolute atomic E-state index is 0.0290. The van der Waals surface area contributed by atoms with Crippen molar-refractivity contribution in [2.45, 2.75) is 13.3 Å². The molecule has 3 rings (SSSR count). The standard InChI is InChI=1S/C22H25N3O2/c1-4-19(26)20-17-12-8-9-13-18(17)25(16-10-6-5-7-11-16)21(20)22(27)23-14-15-24(2)3/h5-13H,4,14-15H2,1-3H3,(H,23,27). The second kappa shape index (κ2) is 8.18. The third-order valence-corrected chi connectivity index (χ3v) is 4.55. The zero-order valence-corrected chi connectivity index (χ0v) is 16.0. The van der Waals surface area contributed by atoms with E-state index in [0.717, 1.165) is 23.1 Å². The number of fused-ring (bicyclic) bond motifs is 1. The molecule has 0 radical (unpaired) electrons. The van der Waals surface area contributed by atoms with Crippen molar-refractivity contribution in [1.29, 1.82) is 0 Å². The largest absolute Gasteiger partial charge is 0.349 e. The van der Waals surface area contributed by atoms with Crippen LogP contribution in [0.2, 0.25) is 0 Å². The number of carbonyl (C=O) groups is 2. The maximum atomic E-state index is 13.1. The first-order valence-electron chi connectivity index (χ1n) is 9.19. The van der Waals surface area contributed by atoms with Gasteiger partial charge in [-0.1, -0.05) is 43.3 Å². The highest BCUT2D eigenvalue weighted by Crippen LogP contribution is 2.30. The van der Waals surface area contributed by atoms with Gasteiger partial charge in [-0.25, -0.2) is 0 Å². The molecule has 1 aromatic heterocycles. The molecule has 1 amide bonds. The minimum atomic E-state index is -0.228. The van der Waals surface area contributed by atoms with Gasteiger partial charge in [-0.2, -0.15) is 0 Å². The Hall–Kier alpha value is -2.92. The van der Waals surface area contributed by atoms with Gasteiger partial charge in [0.05, 0.1) is 11.1 Å². The van der Waals surface area contributed by atoms with E-state index in [4.69, 9.17) is 0 Å². The summed E-state index contributed by atoms with van der Waals surface area (Å²) in [5.74, 6) is -0.257. The second-order valence-corrected chi connectivity index (χ2v) is 6.75. The number of aromatic nitrogens is 1. The van der Waals surface area contributed by atoms with E-state index in [-0.39, 0.29) is 11.7 Å². The molecule has 0 fully saturated rings. The first kappa shape index (κ1) is 18.9. The Balaban J connectivity index is 2.22. The summed E-state index contributed by atoms with van der Waals surface area (Å²) in [7, 11) is 3.91. The van der Waals surface area contributed by atoms with Crippen LogP contribution in [0, 0.1) is 0 Å². The number of amides is 1. The predicted octanol–water partition coefficient (Wildman–Crippen LogP) is 3.51. The SMILES string of the molecule is CCC(=O)c1c(C(=O)NCCN(C)C)n(-c2ccccc2)c2ccccc12. The molecule has 5 heteroatoms. The van der Waals surface area contributed by atoms with Gasteiger partial charge in [-0.05, 0) is 32.3 Å². The van der Waals surface area contributed by atoms with Crippen molar-refractivity contribution >= 4 is 22.6 Å². The van der Waals surface area contributed by atoms with Crippen LogP contribution in [-0.4, -0.2) is 48.3 Å². The average Bonchev–Trinajstić information content (AvgIpc) is 3.03. The molecule has 0 atom stereocenters. The molecular weight excluding hydrogens is 338 g/mol. The Morgan fingerprint density at radius 2 is 1.67 bits per heavy atom. The van der Waals surface area contributed by atoms with Crippen LogP contribution >= 0.6 is 0 Å². The van der Waals surface area contributed by atoms with Crippen LogP contribution in [0.15, 0.2) is 54.6 Å². The number of Topliss-reactive ketones (excluding diaryl/α,β-unsaturated/α-hetero) is 1.